The van der Waals surface area contributed by atoms with E-state index in [4.69, 9.17) is 0 Å². The number of piperidine rings is 1. The summed E-state index contributed by atoms with van der Waals surface area (Å²) in [5.74, 6) is -0.0598. The van der Waals surface area contributed by atoms with Gasteiger partial charge in [-0.2, -0.15) is 0 Å². The highest BCUT2D eigenvalue weighted by Crippen LogP contribution is 2.19. The molecule has 0 saturated carbocycles. The van der Waals surface area contributed by atoms with Gasteiger partial charge in [0.2, 0.25) is 0 Å². The molecule has 7 heteroatoms. The third-order valence-corrected chi connectivity index (χ3v) is 6.83. The van der Waals surface area contributed by atoms with Crippen LogP contribution in [0.3, 0.4) is 0 Å². The van der Waals surface area contributed by atoms with Gasteiger partial charge in [-0.25, -0.2) is 8.42 Å². The predicted molar refractivity (Wildman–Crippen MR) is 114 cm³/mol. The maximum Gasteiger partial charge on any atom is 0.253 e. The van der Waals surface area contributed by atoms with E-state index < -0.39 is 9.84 Å². The summed E-state index contributed by atoms with van der Waals surface area (Å²) in [7, 11) is -1.45. The number of nitrogens with one attached hydrogen (secondary N) is 1. The van der Waals surface area contributed by atoms with E-state index in [1.807, 2.05) is 18.9 Å². The molecular formula is C21H27ClN2O3S. The summed E-state index contributed by atoms with van der Waals surface area (Å²) in [6, 6.07) is 14.3. The number of hydrogen-bond donors (Lipinski definition) is 1. The number of benzene rings is 2. The Bertz CT molecular complexity index is 888. The Morgan fingerprint density at radius 3 is 2.14 bits per heavy atom. The fraction of sp³-hybridized carbons (Fsp3) is 0.381. The quantitative estimate of drug-likeness (QED) is 0.803. The van der Waals surface area contributed by atoms with E-state index in [1.165, 1.54) is 0 Å². The largest absolute Gasteiger partial charge is 0.339 e. The van der Waals surface area contributed by atoms with Crippen LogP contribution in [-0.4, -0.2) is 45.4 Å². The van der Waals surface area contributed by atoms with Gasteiger partial charge in [0.15, 0.2) is 9.84 Å². The third-order valence-electron chi connectivity index (χ3n) is 5.13. The molecule has 1 aliphatic rings. The van der Waals surface area contributed by atoms with Crippen LogP contribution in [0.15, 0.2) is 53.4 Å². The monoisotopic (exact) mass is 422 g/mol. The van der Waals surface area contributed by atoms with Crippen molar-refractivity contribution in [2.45, 2.75) is 36.5 Å². The Morgan fingerprint density at radius 2 is 1.61 bits per heavy atom. The molecule has 2 aromatic rings. The van der Waals surface area contributed by atoms with Gasteiger partial charge in [0.25, 0.3) is 5.91 Å². The van der Waals surface area contributed by atoms with E-state index in [0.29, 0.717) is 22.1 Å². The molecule has 1 saturated heterocycles. The Labute approximate surface area is 173 Å². The zero-order chi connectivity index (χ0) is 19.4. The van der Waals surface area contributed by atoms with Crippen LogP contribution >= 0.6 is 12.4 Å². The summed E-state index contributed by atoms with van der Waals surface area (Å²) >= 11 is 0. The zero-order valence-corrected chi connectivity index (χ0v) is 17.9. The third kappa shape index (κ3) is 5.34. The van der Waals surface area contributed by atoms with Gasteiger partial charge in [-0.3, -0.25) is 4.79 Å². The summed E-state index contributed by atoms with van der Waals surface area (Å²) in [6.45, 7) is 3.41. The molecule has 0 atom stereocenters. The van der Waals surface area contributed by atoms with E-state index in [1.54, 1.807) is 48.5 Å². The summed E-state index contributed by atoms with van der Waals surface area (Å²) in [4.78, 5) is 14.8. The standard InChI is InChI=1S/C21H26N2O3S.ClH/c1-16-3-9-20(10-4-16)27(25,26)15-17-5-7-18(8-6-17)21(24)23-13-11-19(22-2)12-14-23;/h3-10,19,22H,11-15H2,1-2H3;1H. The van der Waals surface area contributed by atoms with Crippen molar-refractivity contribution >= 4 is 28.2 Å². The maximum absolute atomic E-state index is 12.6. The molecule has 0 spiro atoms. The van der Waals surface area contributed by atoms with Gasteiger partial charge in [-0.05, 0) is 56.6 Å². The van der Waals surface area contributed by atoms with Crippen LogP contribution in [0.2, 0.25) is 0 Å². The van der Waals surface area contributed by atoms with E-state index in [9.17, 15) is 13.2 Å². The van der Waals surface area contributed by atoms with Gasteiger partial charge >= 0.3 is 0 Å². The van der Waals surface area contributed by atoms with Gasteiger partial charge < -0.3 is 10.2 Å². The molecule has 3 rings (SSSR count). The molecule has 1 heterocycles. The number of likely N-dealkylation sites (tertiary alicyclic amines) is 1. The Balaban J connectivity index is 0.00000280. The highest BCUT2D eigenvalue weighted by atomic mass is 35.5. The number of carbonyl (C=O) groups excluding carboxylic acids is 1. The first-order chi connectivity index (χ1) is 12.9. The molecule has 0 aliphatic carbocycles. The number of hydrogen-bond acceptors (Lipinski definition) is 4. The first kappa shape index (κ1) is 22.4. The summed E-state index contributed by atoms with van der Waals surface area (Å²) in [5.41, 5.74) is 2.31. The molecule has 1 N–H and O–H groups in total. The smallest absolute Gasteiger partial charge is 0.253 e. The maximum atomic E-state index is 12.6. The second-order valence-electron chi connectivity index (χ2n) is 7.12. The van der Waals surface area contributed by atoms with Crippen molar-refractivity contribution in [2.75, 3.05) is 20.1 Å². The first-order valence-corrected chi connectivity index (χ1v) is 10.9. The number of sulfone groups is 1. The molecule has 2 aromatic carbocycles. The molecule has 1 aliphatic heterocycles. The van der Waals surface area contributed by atoms with Gasteiger partial charge in [-0.15, -0.1) is 12.4 Å². The zero-order valence-electron chi connectivity index (χ0n) is 16.2. The van der Waals surface area contributed by atoms with Crippen molar-refractivity contribution in [1.29, 1.82) is 0 Å². The van der Waals surface area contributed by atoms with E-state index in [0.717, 1.165) is 31.5 Å². The minimum absolute atomic E-state index is 0. The van der Waals surface area contributed by atoms with Crippen LogP contribution in [0.1, 0.15) is 34.3 Å². The van der Waals surface area contributed by atoms with Gasteiger partial charge in [-0.1, -0.05) is 29.8 Å². The lowest BCUT2D eigenvalue weighted by Crippen LogP contribution is -2.43. The van der Waals surface area contributed by atoms with E-state index >= 15 is 0 Å². The number of amides is 1. The molecule has 28 heavy (non-hydrogen) atoms. The van der Waals surface area contributed by atoms with Crippen LogP contribution in [0.5, 0.6) is 0 Å². The van der Waals surface area contributed by atoms with Crippen molar-refractivity contribution in [3.63, 3.8) is 0 Å². The second kappa shape index (κ2) is 9.54. The van der Waals surface area contributed by atoms with Crippen LogP contribution in [0.4, 0.5) is 0 Å². The molecule has 0 unspecified atom stereocenters. The highest BCUT2D eigenvalue weighted by molar-refractivity contribution is 7.90. The lowest BCUT2D eigenvalue weighted by Gasteiger charge is -2.31. The molecule has 0 aromatic heterocycles. The Hall–Kier alpha value is -1.89. The molecule has 0 radical (unpaired) electrons. The average Bonchev–Trinajstić information content (AvgIpc) is 2.68. The molecule has 1 amide bonds. The topological polar surface area (TPSA) is 66.5 Å². The van der Waals surface area contributed by atoms with Gasteiger partial charge in [0.05, 0.1) is 10.6 Å². The van der Waals surface area contributed by atoms with E-state index in [2.05, 4.69) is 5.32 Å². The highest BCUT2D eigenvalue weighted by Gasteiger charge is 2.23. The van der Waals surface area contributed by atoms with Crippen LogP contribution in [0.25, 0.3) is 0 Å². The van der Waals surface area contributed by atoms with Gasteiger partial charge in [0.1, 0.15) is 0 Å². The summed E-state index contributed by atoms with van der Waals surface area (Å²) in [6.07, 6.45) is 1.91. The molecule has 0 bridgehead atoms. The van der Waals surface area contributed by atoms with Crippen molar-refractivity contribution in [3.8, 4) is 0 Å². The Morgan fingerprint density at radius 1 is 1.04 bits per heavy atom. The fourth-order valence-electron chi connectivity index (χ4n) is 3.35. The molecule has 1 fully saturated rings. The summed E-state index contributed by atoms with van der Waals surface area (Å²) < 4.78 is 25.1. The van der Waals surface area contributed by atoms with Crippen molar-refractivity contribution in [3.05, 3.63) is 65.2 Å². The Kier molecular flexibility index (Phi) is 7.63. The van der Waals surface area contributed by atoms with E-state index in [-0.39, 0.29) is 24.1 Å². The van der Waals surface area contributed by atoms with Crippen LogP contribution in [0, 0.1) is 6.92 Å². The fourth-order valence-corrected chi connectivity index (χ4v) is 4.69. The molecule has 5 nitrogen and oxygen atoms in total. The minimum atomic E-state index is -3.40. The normalized spacial score (nSPS) is 15.1. The summed E-state index contributed by atoms with van der Waals surface area (Å²) in [5, 5.41) is 3.25. The first-order valence-electron chi connectivity index (χ1n) is 9.24. The lowest BCUT2D eigenvalue weighted by atomic mass is 10.0. The SMILES string of the molecule is CNC1CCN(C(=O)c2ccc(CS(=O)(=O)c3ccc(C)cc3)cc2)CC1.Cl. The van der Waals surface area contributed by atoms with Crippen LogP contribution < -0.4 is 5.32 Å². The average molecular weight is 423 g/mol. The number of nitrogens with zero attached hydrogens (tertiary/aromatic N) is 1. The van der Waals surface area contributed by atoms with Crippen molar-refractivity contribution in [2.24, 2.45) is 0 Å². The number of aryl methyl sites for hydroxylation is 1. The van der Waals surface area contributed by atoms with Crippen molar-refractivity contribution < 1.29 is 13.2 Å². The lowest BCUT2D eigenvalue weighted by molar-refractivity contribution is 0.0707. The predicted octanol–water partition coefficient (Wildman–Crippen LogP) is 3.21. The minimum Gasteiger partial charge on any atom is -0.339 e. The molecule has 152 valence electrons. The van der Waals surface area contributed by atoms with Crippen molar-refractivity contribution in [1.82, 2.24) is 10.2 Å². The number of rotatable bonds is 5. The molecular weight excluding hydrogens is 396 g/mol. The second-order valence-corrected chi connectivity index (χ2v) is 9.11. The van der Waals surface area contributed by atoms with Gasteiger partial charge in [0, 0.05) is 24.7 Å². The van der Waals surface area contributed by atoms with Crippen LogP contribution in [-0.2, 0) is 15.6 Å². The number of carbonyl (C=O) groups is 1. The number of halogens is 1.